The average Bonchev–Trinajstić information content (AvgIpc) is 3.48. The topological polar surface area (TPSA) is 524 Å². The molecule has 30 heteroatoms. The molecular formula is C53H98N14O16. The predicted molar refractivity (Wildman–Crippen MR) is 305 cm³/mol. The van der Waals surface area contributed by atoms with Gasteiger partial charge in [-0.15, -0.1) is 0 Å². The number of aliphatic hydroxyl groups is 1. The Morgan fingerprint density at radius 2 is 0.747 bits per heavy atom. The SMILES string of the molecule is CC[C@H](C)[C@H](NC(=O)[C@H](CCCCN)NC(=O)[C@H](CC(C)C)NC(=O)[C@H](CCCCN)NC(=O)[C@H](CCC(=O)O)NC(=O)[C@H](CCCCN)NC(=O)[C@@H](NC(=O)[C@@H](N)CCCCN)C(C)C)C(=O)N[C@@H](CC(=O)O)C(=O)N[C@@H](CO)C(=O)O. The molecule has 0 aromatic rings. The van der Waals surface area contributed by atoms with Crippen molar-refractivity contribution in [1.29, 1.82) is 0 Å². The van der Waals surface area contributed by atoms with Gasteiger partial charge in [0.15, 0.2) is 0 Å². The van der Waals surface area contributed by atoms with E-state index in [-0.39, 0.29) is 70.5 Å². The molecule has 83 heavy (non-hydrogen) atoms. The molecule has 0 rings (SSSR count). The predicted octanol–water partition coefficient (Wildman–Crippen LogP) is -3.64. The van der Waals surface area contributed by atoms with Crippen molar-refractivity contribution in [1.82, 2.24) is 47.9 Å². The van der Waals surface area contributed by atoms with Crippen molar-refractivity contribution < 1.29 is 78.0 Å². The molecule has 11 atom stereocenters. The van der Waals surface area contributed by atoms with Crippen LogP contribution in [0.4, 0.5) is 0 Å². The largest absolute Gasteiger partial charge is 0.481 e. The summed E-state index contributed by atoms with van der Waals surface area (Å²) in [5.74, 6) is -14.0. The maximum atomic E-state index is 14.4. The molecule has 23 N–H and O–H groups in total. The Hall–Kier alpha value is -6.60. The van der Waals surface area contributed by atoms with Gasteiger partial charge in [0, 0.05) is 6.42 Å². The molecule has 0 bridgehead atoms. The van der Waals surface area contributed by atoms with Crippen LogP contribution in [0.3, 0.4) is 0 Å². The van der Waals surface area contributed by atoms with Gasteiger partial charge in [0.1, 0.15) is 54.4 Å². The van der Waals surface area contributed by atoms with Crippen molar-refractivity contribution >= 4 is 71.1 Å². The second kappa shape index (κ2) is 42.2. The molecule has 30 nitrogen and oxygen atoms in total. The summed E-state index contributed by atoms with van der Waals surface area (Å²) in [4.78, 5) is 160. The molecule has 0 aliphatic carbocycles. The van der Waals surface area contributed by atoms with Crippen LogP contribution in [0.5, 0.6) is 0 Å². The third kappa shape index (κ3) is 31.0. The second-order valence-corrected chi connectivity index (χ2v) is 21.5. The van der Waals surface area contributed by atoms with Gasteiger partial charge in [-0.25, -0.2) is 4.79 Å². The lowest BCUT2D eigenvalue weighted by molar-refractivity contribution is -0.144. The maximum Gasteiger partial charge on any atom is 0.328 e. The molecule has 0 saturated carbocycles. The number of hydrogen-bond donors (Lipinski definition) is 18. The molecule has 0 heterocycles. The normalized spacial score (nSPS) is 15.3. The van der Waals surface area contributed by atoms with Gasteiger partial charge >= 0.3 is 17.9 Å². The third-order valence-corrected chi connectivity index (χ3v) is 13.5. The van der Waals surface area contributed by atoms with Gasteiger partial charge in [-0.05, 0) is 127 Å². The Kier molecular flexibility index (Phi) is 38.9. The van der Waals surface area contributed by atoms with E-state index in [9.17, 15) is 78.0 Å². The number of carbonyl (C=O) groups is 12. The zero-order valence-electron chi connectivity index (χ0n) is 49.1. The van der Waals surface area contributed by atoms with E-state index in [1.165, 1.54) is 0 Å². The van der Waals surface area contributed by atoms with Gasteiger partial charge in [0.25, 0.3) is 0 Å². The summed E-state index contributed by atoms with van der Waals surface area (Å²) in [5.41, 5.74) is 28.9. The zero-order valence-corrected chi connectivity index (χ0v) is 49.1. The molecule has 0 aliphatic rings. The van der Waals surface area contributed by atoms with E-state index in [4.69, 9.17) is 28.7 Å². The van der Waals surface area contributed by atoms with E-state index in [0.717, 1.165) is 0 Å². The number of nitrogens with one attached hydrogen (secondary N) is 9. The van der Waals surface area contributed by atoms with Crippen molar-refractivity contribution in [3.05, 3.63) is 0 Å². The van der Waals surface area contributed by atoms with Gasteiger partial charge in [-0.2, -0.15) is 0 Å². The van der Waals surface area contributed by atoms with Gasteiger partial charge in [-0.1, -0.05) is 54.4 Å². The lowest BCUT2D eigenvalue weighted by Crippen LogP contribution is -2.61. The highest BCUT2D eigenvalue weighted by atomic mass is 16.4. The molecule has 0 fully saturated rings. The molecule has 0 unspecified atom stereocenters. The third-order valence-electron chi connectivity index (χ3n) is 13.5. The van der Waals surface area contributed by atoms with E-state index < -0.39 is 169 Å². The number of carboxylic acid groups (broad SMARTS) is 3. The fourth-order valence-electron chi connectivity index (χ4n) is 8.37. The van der Waals surface area contributed by atoms with Gasteiger partial charge in [0.05, 0.1) is 19.1 Å². The van der Waals surface area contributed by atoms with Crippen LogP contribution in [0, 0.1) is 17.8 Å². The molecule has 0 spiro atoms. The fourth-order valence-corrected chi connectivity index (χ4v) is 8.37. The van der Waals surface area contributed by atoms with Crippen LogP contribution in [-0.4, -0.2) is 185 Å². The van der Waals surface area contributed by atoms with Crippen molar-refractivity contribution in [2.75, 3.05) is 32.8 Å². The van der Waals surface area contributed by atoms with E-state index in [2.05, 4.69) is 42.5 Å². The molecular weight excluding hydrogens is 1090 g/mol. The molecule has 0 aromatic carbocycles. The monoisotopic (exact) mass is 1190 g/mol. The first-order valence-electron chi connectivity index (χ1n) is 28.7. The van der Waals surface area contributed by atoms with Crippen LogP contribution in [0.25, 0.3) is 0 Å². The number of carbonyl (C=O) groups excluding carboxylic acids is 9. The van der Waals surface area contributed by atoms with Crippen molar-refractivity contribution in [2.24, 2.45) is 46.4 Å². The van der Waals surface area contributed by atoms with Gasteiger partial charge < -0.3 is 96.9 Å². The highest BCUT2D eigenvalue weighted by Gasteiger charge is 2.37. The average molecular weight is 1190 g/mol. The summed E-state index contributed by atoms with van der Waals surface area (Å²) in [6.07, 6.45) is 1.69. The Bertz CT molecular complexity index is 2090. The smallest absolute Gasteiger partial charge is 0.328 e. The minimum atomic E-state index is -1.85. The van der Waals surface area contributed by atoms with Crippen LogP contribution < -0.4 is 76.5 Å². The number of aliphatic hydroxyl groups excluding tert-OH is 1. The van der Waals surface area contributed by atoms with E-state index >= 15 is 0 Å². The van der Waals surface area contributed by atoms with Gasteiger partial charge in [-0.3, -0.25) is 52.7 Å². The van der Waals surface area contributed by atoms with E-state index in [1.54, 1.807) is 41.5 Å². The van der Waals surface area contributed by atoms with E-state index in [1.807, 2.05) is 5.32 Å². The van der Waals surface area contributed by atoms with E-state index in [0.29, 0.717) is 51.5 Å². The lowest BCUT2D eigenvalue weighted by atomic mass is 9.96. The Balaban J connectivity index is 6.97. The molecule has 476 valence electrons. The highest BCUT2D eigenvalue weighted by molar-refractivity contribution is 5.99. The first-order chi connectivity index (χ1) is 39.1. The maximum absolute atomic E-state index is 14.4. The first kappa shape index (κ1) is 76.4. The summed E-state index contributed by atoms with van der Waals surface area (Å²) in [6, 6.07) is -14.3. The number of hydrogen-bond acceptors (Lipinski definition) is 18. The minimum absolute atomic E-state index is 0.0143. The molecule has 9 amide bonds. The van der Waals surface area contributed by atoms with Crippen LogP contribution >= 0.6 is 0 Å². The summed E-state index contributed by atoms with van der Waals surface area (Å²) in [6.45, 7) is 10.1. The van der Waals surface area contributed by atoms with Crippen LogP contribution in [0.15, 0.2) is 0 Å². The van der Waals surface area contributed by atoms with Gasteiger partial charge in [0.2, 0.25) is 53.2 Å². The first-order valence-corrected chi connectivity index (χ1v) is 28.7. The zero-order chi connectivity index (χ0) is 63.4. The number of aliphatic carboxylic acids is 3. The number of rotatable bonds is 46. The van der Waals surface area contributed by atoms with Crippen LogP contribution in [0.2, 0.25) is 0 Å². The van der Waals surface area contributed by atoms with Crippen molar-refractivity contribution in [3.8, 4) is 0 Å². The van der Waals surface area contributed by atoms with Crippen LogP contribution in [0.1, 0.15) is 151 Å². The summed E-state index contributed by atoms with van der Waals surface area (Å²) in [7, 11) is 0. The fraction of sp³-hybridized carbons (Fsp3) is 0.774. The van der Waals surface area contributed by atoms with Crippen molar-refractivity contribution in [3.63, 3.8) is 0 Å². The highest BCUT2D eigenvalue weighted by Crippen LogP contribution is 2.15. The second-order valence-electron chi connectivity index (χ2n) is 21.5. The quantitative estimate of drug-likeness (QED) is 0.0261. The summed E-state index contributed by atoms with van der Waals surface area (Å²) < 4.78 is 0. The Labute approximate surface area is 485 Å². The minimum Gasteiger partial charge on any atom is -0.481 e. The molecule has 0 aromatic heterocycles. The number of nitrogens with two attached hydrogens (primary N) is 5. The Morgan fingerprint density at radius 1 is 0.398 bits per heavy atom. The standard InChI is InChI=1S/C53H98N14O16/c1-7-31(6)43(52(81)64-38(27-41(71)72)50(79)65-39(28-68)53(82)83)67-48(77)35(19-11-15-25-57)60-49(78)37(26-29(2)3)63-46(75)33(17-9-13-23-55)59-47(76)36(20-21-40(69)70)61-45(74)34(18-10-14-24-56)62-51(80)42(30(4)5)66-44(73)32(58)16-8-12-22-54/h29-39,42-43,68H,7-28,54-58H2,1-6H3,(H,59,76)(H,60,78)(H,61,74)(H,62,80)(H,63,75)(H,64,81)(H,65,79)(H,66,73)(H,67,77)(H,69,70)(H,71,72)(H,82,83)/t31-,32-,33-,34-,35-,36-,37-,38-,39-,42-,43-/m0/s1. The molecule has 0 radical (unpaired) electrons. The molecule has 0 saturated heterocycles. The summed E-state index contributed by atoms with van der Waals surface area (Å²) in [5, 5.41) is 60.5. The number of unbranched alkanes of at least 4 members (excludes halogenated alkanes) is 4. The van der Waals surface area contributed by atoms with Crippen LogP contribution in [-0.2, 0) is 57.5 Å². The lowest BCUT2D eigenvalue weighted by Gasteiger charge is -2.30. The Morgan fingerprint density at radius 3 is 1.13 bits per heavy atom. The number of carboxylic acids is 3. The van der Waals surface area contributed by atoms with Crippen molar-refractivity contribution in [2.45, 2.75) is 211 Å². The summed E-state index contributed by atoms with van der Waals surface area (Å²) >= 11 is 0. The molecule has 0 aliphatic heterocycles. The number of amides is 9.